The summed E-state index contributed by atoms with van der Waals surface area (Å²) in [6.07, 6.45) is 1.18. The van der Waals surface area contributed by atoms with Crippen LogP contribution in [0.5, 0.6) is 5.75 Å². The number of rotatable bonds is 6. The van der Waals surface area contributed by atoms with Crippen molar-refractivity contribution in [1.82, 2.24) is 10.2 Å². The van der Waals surface area contributed by atoms with E-state index in [1.54, 1.807) is 7.05 Å². The highest BCUT2D eigenvalue weighted by atomic mass is 16.5. The number of aryl methyl sites for hydroxylation is 2. The predicted octanol–water partition coefficient (Wildman–Crippen LogP) is 1.50. The van der Waals surface area contributed by atoms with E-state index in [0.29, 0.717) is 6.54 Å². The minimum Gasteiger partial charge on any atom is -0.491 e. The first-order chi connectivity index (χ1) is 11.0. The number of aliphatic hydroxyl groups is 1. The van der Waals surface area contributed by atoms with E-state index in [1.165, 1.54) is 0 Å². The van der Waals surface area contributed by atoms with Gasteiger partial charge in [0.15, 0.2) is 0 Å². The number of likely N-dealkylation sites (tertiary alicyclic amines) is 1. The summed E-state index contributed by atoms with van der Waals surface area (Å²) in [4.78, 5) is 13.8. The number of hydrogen-bond acceptors (Lipinski definition) is 4. The first kappa shape index (κ1) is 17.8. The lowest BCUT2D eigenvalue weighted by molar-refractivity contribution is -0.126. The van der Waals surface area contributed by atoms with Crippen LogP contribution in [0.4, 0.5) is 0 Å². The Kier molecular flexibility index (Phi) is 6.42. The van der Waals surface area contributed by atoms with Gasteiger partial charge >= 0.3 is 0 Å². The molecule has 1 heterocycles. The molecular weight excluding hydrogens is 292 g/mol. The first-order valence-corrected chi connectivity index (χ1v) is 8.31. The van der Waals surface area contributed by atoms with Gasteiger partial charge in [0.05, 0.1) is 0 Å². The second-order valence-corrected chi connectivity index (χ2v) is 6.48. The number of nitrogens with zero attached hydrogens (tertiary/aromatic N) is 1. The Morgan fingerprint density at radius 2 is 1.91 bits per heavy atom. The van der Waals surface area contributed by atoms with Crippen molar-refractivity contribution in [1.29, 1.82) is 0 Å². The van der Waals surface area contributed by atoms with Gasteiger partial charge in [-0.15, -0.1) is 0 Å². The molecule has 1 unspecified atom stereocenters. The molecule has 0 spiro atoms. The quantitative estimate of drug-likeness (QED) is 0.834. The summed E-state index contributed by atoms with van der Waals surface area (Å²) in [7, 11) is 1.68. The molecule has 2 N–H and O–H groups in total. The molecule has 1 amide bonds. The second kappa shape index (κ2) is 8.31. The molecule has 0 saturated carbocycles. The number of hydrogen-bond donors (Lipinski definition) is 2. The van der Waals surface area contributed by atoms with Crippen molar-refractivity contribution in [2.24, 2.45) is 5.92 Å². The molecule has 1 aliphatic rings. The average Bonchev–Trinajstić information content (AvgIpc) is 2.52. The van der Waals surface area contributed by atoms with Gasteiger partial charge in [-0.25, -0.2) is 0 Å². The van der Waals surface area contributed by atoms with Gasteiger partial charge in [0.1, 0.15) is 18.5 Å². The van der Waals surface area contributed by atoms with Crippen LogP contribution in [0.3, 0.4) is 0 Å². The van der Waals surface area contributed by atoms with Crippen LogP contribution in [0.25, 0.3) is 0 Å². The summed E-state index contributed by atoms with van der Waals surface area (Å²) in [5.74, 6) is 1.04. The van der Waals surface area contributed by atoms with Crippen molar-refractivity contribution in [3.05, 3.63) is 29.3 Å². The van der Waals surface area contributed by atoms with Crippen LogP contribution < -0.4 is 10.1 Å². The highest BCUT2D eigenvalue weighted by Gasteiger charge is 2.25. The van der Waals surface area contributed by atoms with E-state index in [2.05, 4.69) is 16.3 Å². The molecule has 0 aliphatic carbocycles. The number of carbonyl (C=O) groups is 1. The number of benzene rings is 1. The molecule has 5 nitrogen and oxygen atoms in total. The van der Waals surface area contributed by atoms with Gasteiger partial charge in [0.25, 0.3) is 0 Å². The number of nitrogens with one attached hydrogen (secondary N) is 1. The maximum atomic E-state index is 11.6. The van der Waals surface area contributed by atoms with E-state index in [1.807, 2.05) is 26.0 Å². The molecule has 1 atom stereocenters. The standard InChI is InChI=1S/C18H28N2O3/c1-13-8-14(2)10-17(9-13)23-12-16(21)11-20-6-4-15(5-7-20)18(22)19-3/h8-10,15-16,21H,4-7,11-12H2,1-3H3,(H,19,22). The normalized spacial score (nSPS) is 17.7. The van der Waals surface area contributed by atoms with E-state index in [0.717, 1.165) is 42.8 Å². The van der Waals surface area contributed by atoms with Gasteiger partial charge in [0, 0.05) is 19.5 Å². The van der Waals surface area contributed by atoms with Gasteiger partial charge in [-0.05, 0) is 63.0 Å². The van der Waals surface area contributed by atoms with Gasteiger partial charge in [-0.2, -0.15) is 0 Å². The molecule has 1 aromatic rings. The largest absolute Gasteiger partial charge is 0.491 e. The molecule has 1 fully saturated rings. The van der Waals surface area contributed by atoms with Crippen LogP contribution in [0.15, 0.2) is 18.2 Å². The van der Waals surface area contributed by atoms with Crippen molar-refractivity contribution in [2.45, 2.75) is 32.8 Å². The summed E-state index contributed by atoms with van der Waals surface area (Å²) >= 11 is 0. The molecule has 0 aromatic heterocycles. The van der Waals surface area contributed by atoms with Crippen LogP contribution in [0.1, 0.15) is 24.0 Å². The highest BCUT2D eigenvalue weighted by molar-refractivity contribution is 5.78. The van der Waals surface area contributed by atoms with Crippen LogP contribution in [0, 0.1) is 19.8 Å². The Balaban J connectivity index is 1.73. The Hall–Kier alpha value is -1.59. The Bertz CT molecular complexity index is 505. The van der Waals surface area contributed by atoms with Gasteiger partial charge in [-0.3, -0.25) is 4.79 Å². The van der Waals surface area contributed by atoms with Crippen molar-refractivity contribution in [3.63, 3.8) is 0 Å². The maximum Gasteiger partial charge on any atom is 0.222 e. The molecule has 5 heteroatoms. The van der Waals surface area contributed by atoms with Crippen LogP contribution in [-0.2, 0) is 4.79 Å². The summed E-state index contributed by atoms with van der Waals surface area (Å²) in [5.41, 5.74) is 2.32. The average molecular weight is 320 g/mol. The molecule has 1 aliphatic heterocycles. The number of β-amino-alcohol motifs (C(OH)–C–C–N with tert-alkyl or cyclic N) is 1. The summed E-state index contributed by atoms with van der Waals surface area (Å²) in [5, 5.41) is 12.9. The molecule has 0 radical (unpaired) electrons. The number of piperidine rings is 1. The van der Waals surface area contributed by atoms with E-state index in [-0.39, 0.29) is 18.4 Å². The second-order valence-electron chi connectivity index (χ2n) is 6.48. The lowest BCUT2D eigenvalue weighted by Gasteiger charge is -2.32. The number of aliphatic hydroxyl groups excluding tert-OH is 1. The third-order valence-corrected chi connectivity index (χ3v) is 4.31. The summed E-state index contributed by atoms with van der Waals surface area (Å²) < 4.78 is 5.71. The van der Waals surface area contributed by atoms with Crippen molar-refractivity contribution in [3.8, 4) is 5.75 Å². The highest BCUT2D eigenvalue weighted by Crippen LogP contribution is 2.18. The van der Waals surface area contributed by atoms with Crippen LogP contribution >= 0.6 is 0 Å². The van der Waals surface area contributed by atoms with Crippen molar-refractivity contribution in [2.75, 3.05) is 33.3 Å². The minimum absolute atomic E-state index is 0.111. The molecule has 23 heavy (non-hydrogen) atoms. The lowest BCUT2D eigenvalue weighted by atomic mass is 9.96. The smallest absolute Gasteiger partial charge is 0.222 e. The fraction of sp³-hybridized carbons (Fsp3) is 0.611. The topological polar surface area (TPSA) is 61.8 Å². The van der Waals surface area contributed by atoms with E-state index in [4.69, 9.17) is 4.74 Å². The maximum absolute atomic E-state index is 11.6. The Labute approximate surface area is 138 Å². The molecule has 128 valence electrons. The van der Waals surface area contributed by atoms with E-state index in [9.17, 15) is 9.90 Å². The first-order valence-electron chi connectivity index (χ1n) is 8.31. The zero-order valence-corrected chi connectivity index (χ0v) is 14.3. The Morgan fingerprint density at radius 3 is 2.48 bits per heavy atom. The fourth-order valence-corrected chi connectivity index (χ4v) is 3.14. The molecule has 1 saturated heterocycles. The summed E-state index contributed by atoms with van der Waals surface area (Å²) in [6, 6.07) is 6.06. The minimum atomic E-state index is -0.521. The van der Waals surface area contributed by atoms with Crippen LogP contribution in [0.2, 0.25) is 0 Å². The number of carbonyl (C=O) groups excluding carboxylic acids is 1. The van der Waals surface area contributed by atoms with E-state index < -0.39 is 6.10 Å². The van der Waals surface area contributed by atoms with Gasteiger partial charge in [-0.1, -0.05) is 6.07 Å². The zero-order valence-electron chi connectivity index (χ0n) is 14.3. The predicted molar refractivity (Wildman–Crippen MR) is 90.6 cm³/mol. The van der Waals surface area contributed by atoms with Gasteiger partial charge in [0.2, 0.25) is 5.91 Å². The van der Waals surface area contributed by atoms with Crippen molar-refractivity contribution >= 4 is 5.91 Å². The number of amides is 1. The third kappa shape index (κ3) is 5.52. The molecule has 1 aromatic carbocycles. The van der Waals surface area contributed by atoms with Crippen LogP contribution in [-0.4, -0.2) is 55.3 Å². The fourth-order valence-electron chi connectivity index (χ4n) is 3.14. The zero-order chi connectivity index (χ0) is 16.8. The Morgan fingerprint density at radius 1 is 1.30 bits per heavy atom. The molecule has 0 bridgehead atoms. The van der Waals surface area contributed by atoms with Gasteiger partial charge < -0.3 is 20.1 Å². The summed E-state index contributed by atoms with van der Waals surface area (Å²) in [6.45, 7) is 6.64. The third-order valence-electron chi connectivity index (χ3n) is 4.31. The molecular formula is C18H28N2O3. The molecule has 2 rings (SSSR count). The SMILES string of the molecule is CNC(=O)C1CCN(CC(O)COc2cc(C)cc(C)c2)CC1. The van der Waals surface area contributed by atoms with E-state index >= 15 is 0 Å². The number of ether oxygens (including phenoxy) is 1. The van der Waals surface area contributed by atoms with Crippen molar-refractivity contribution < 1.29 is 14.6 Å². The monoisotopic (exact) mass is 320 g/mol. The lowest BCUT2D eigenvalue weighted by Crippen LogP contribution is -2.43.